The molecular weight excluding hydrogens is 1190 g/mol. The van der Waals surface area contributed by atoms with E-state index in [1.807, 2.05) is 30.1 Å². The zero-order valence-electron chi connectivity index (χ0n) is 60.3. The fourth-order valence-electron chi connectivity index (χ4n) is 14.2. The molecule has 2 aromatic carbocycles. The van der Waals surface area contributed by atoms with E-state index in [1.54, 1.807) is 0 Å². The number of hydrogen-bond donors (Lipinski definition) is 0. The number of aryl methyl sites for hydroxylation is 4. The Balaban J connectivity index is 0.000000130. The highest BCUT2D eigenvalue weighted by Gasteiger charge is 2.38. The molecule has 0 bridgehead atoms. The minimum Gasteiger partial charge on any atom is -0.348 e. The summed E-state index contributed by atoms with van der Waals surface area (Å²) in [5.41, 5.74) is 10.5. The summed E-state index contributed by atoms with van der Waals surface area (Å²) in [6.45, 7) is 26.8. The van der Waals surface area contributed by atoms with Crippen molar-refractivity contribution in [3.05, 3.63) is 208 Å². The summed E-state index contributed by atoms with van der Waals surface area (Å²) in [6.07, 6.45) is 24.5. The third-order valence-electron chi connectivity index (χ3n) is 19.7. The maximum absolute atomic E-state index is 4.87. The van der Waals surface area contributed by atoms with Crippen LogP contribution < -0.4 is 37.9 Å². The highest BCUT2D eigenvalue weighted by atomic mass is 15.4. The lowest BCUT2D eigenvalue weighted by Crippen LogP contribution is -2.46. The van der Waals surface area contributed by atoms with E-state index in [-0.39, 0.29) is 6.17 Å². The van der Waals surface area contributed by atoms with Gasteiger partial charge in [-0.1, -0.05) is 30.3 Å². The second kappa shape index (κ2) is 28.1. The molecule has 96 heavy (non-hydrogen) atoms. The van der Waals surface area contributed by atoms with Crippen LogP contribution in [-0.2, 0) is 56.4 Å². The van der Waals surface area contributed by atoms with Crippen LogP contribution in [0, 0.1) is 0 Å². The molecule has 4 atom stereocenters. The first-order chi connectivity index (χ1) is 46.0. The number of anilines is 4. The van der Waals surface area contributed by atoms with Crippen LogP contribution in [0.2, 0.25) is 0 Å². The lowest BCUT2D eigenvalue weighted by atomic mass is 10.2. The van der Waals surface area contributed by atoms with Crippen LogP contribution in [-0.4, -0.2) is 96.7 Å². The van der Waals surface area contributed by atoms with E-state index >= 15 is 0 Å². The fourth-order valence-corrected chi connectivity index (χ4v) is 14.2. The zero-order chi connectivity index (χ0) is 68.5. The average molecular weight is 1290 g/mol. The largest absolute Gasteiger partial charge is 0.348 e. The van der Waals surface area contributed by atoms with Crippen molar-refractivity contribution < 1.29 is 18.3 Å². The van der Waals surface area contributed by atoms with E-state index in [1.165, 1.54) is 45.3 Å². The van der Waals surface area contributed by atoms with Crippen molar-refractivity contribution in [3.8, 4) is 45.8 Å². The van der Waals surface area contributed by atoms with Gasteiger partial charge in [0.2, 0.25) is 0 Å². The third kappa shape index (κ3) is 12.8. The van der Waals surface area contributed by atoms with E-state index < -0.39 is 0 Å². The van der Waals surface area contributed by atoms with Crippen molar-refractivity contribution >= 4 is 45.2 Å². The zero-order valence-corrected chi connectivity index (χ0v) is 60.3. The standard InChI is InChI=1S/C22H27N4.C21H26N5.C18H25N4.C17H24N5/c1-16(2)25-13-14-26(17(25)3)22-12-8-11-20(24(22)5)21-15-18-9-6-7-10-19(18)23(21)4;1-15(2)25-13-14-26(16(25)3)20-12-8-11-19(23(20)4)21-22-17-9-6-7-10-18(17)24(21)5;1-14(2)21-12-13-22(15(21)3)18-10-6-8-17(20(18)5)16-9-7-11-19(16)4;1-13(2)21-11-12-22(14(21)3)16-8-6-7-15(20(16)5)17-18-9-10-19(17)4/h6-17H,1-5H3;6-16H,1-5H3;6-15H,1-5H3;6-14H,1-5H3/q4*+1/t17-;16-;15-;14-/m1111/s1. The molecule has 0 N–H and O–H groups in total. The molecule has 18 nitrogen and oxygen atoms in total. The molecule has 8 aromatic heterocycles. The molecule has 4 aliphatic rings. The number of fused-ring (bicyclic) bond motifs is 2. The maximum Gasteiger partial charge on any atom is 0.283 e. The van der Waals surface area contributed by atoms with Gasteiger partial charge in [-0.2, -0.15) is 0 Å². The Morgan fingerprint density at radius 1 is 0.354 bits per heavy atom. The Hall–Kier alpha value is -10.1. The van der Waals surface area contributed by atoms with Gasteiger partial charge >= 0.3 is 0 Å². The van der Waals surface area contributed by atoms with Crippen LogP contribution in [0.15, 0.2) is 208 Å². The molecule has 0 radical (unpaired) electrons. The predicted molar refractivity (Wildman–Crippen MR) is 391 cm³/mol. The van der Waals surface area contributed by atoms with Crippen molar-refractivity contribution in [2.45, 2.75) is 132 Å². The van der Waals surface area contributed by atoms with Gasteiger partial charge in [0.05, 0.1) is 50.6 Å². The van der Waals surface area contributed by atoms with Crippen LogP contribution in [0.3, 0.4) is 0 Å². The lowest BCUT2D eigenvalue weighted by molar-refractivity contribution is -0.648. The Labute approximate surface area is 569 Å². The van der Waals surface area contributed by atoms with Gasteiger partial charge in [0.1, 0.15) is 24.8 Å². The van der Waals surface area contributed by atoms with Crippen molar-refractivity contribution in [2.75, 3.05) is 19.6 Å². The first-order valence-electron chi connectivity index (χ1n) is 34.0. The highest BCUT2D eigenvalue weighted by Crippen LogP contribution is 2.32. The Morgan fingerprint density at radius 3 is 1.11 bits per heavy atom. The molecule has 0 saturated carbocycles. The van der Waals surface area contributed by atoms with Crippen LogP contribution in [0.1, 0.15) is 83.1 Å². The van der Waals surface area contributed by atoms with E-state index in [4.69, 9.17) is 4.98 Å². The summed E-state index contributed by atoms with van der Waals surface area (Å²) >= 11 is 0. The van der Waals surface area contributed by atoms with Crippen LogP contribution >= 0.6 is 0 Å². The minimum absolute atomic E-state index is 0.289. The van der Waals surface area contributed by atoms with Crippen LogP contribution in [0.5, 0.6) is 0 Å². The third-order valence-corrected chi connectivity index (χ3v) is 19.7. The van der Waals surface area contributed by atoms with E-state index in [0.29, 0.717) is 42.7 Å². The molecule has 18 heteroatoms. The molecule has 10 aromatic rings. The first-order valence-corrected chi connectivity index (χ1v) is 34.0. The smallest absolute Gasteiger partial charge is 0.283 e. The molecule has 500 valence electrons. The van der Waals surface area contributed by atoms with Gasteiger partial charge in [0.15, 0.2) is 59.1 Å². The molecule has 12 heterocycles. The topological polar surface area (TPSA) is 86.9 Å². The summed E-state index contributed by atoms with van der Waals surface area (Å²) in [5, 5.41) is 1.27. The van der Waals surface area contributed by atoms with Crippen molar-refractivity contribution in [3.63, 3.8) is 0 Å². The van der Waals surface area contributed by atoms with Crippen molar-refractivity contribution in [1.29, 1.82) is 0 Å². The number of hydrogen-bond acceptors (Lipinski definition) is 10. The van der Waals surface area contributed by atoms with E-state index in [2.05, 4.69) is 398 Å². The van der Waals surface area contributed by atoms with Gasteiger partial charge in [0.25, 0.3) is 23.3 Å². The maximum atomic E-state index is 4.87. The summed E-state index contributed by atoms with van der Waals surface area (Å²) in [6, 6.07) is 51.1. The fraction of sp³-hybridized carbons (Fsp3) is 0.359. The summed E-state index contributed by atoms with van der Waals surface area (Å²) in [5.74, 6) is 6.66. The number of nitrogens with zero attached hydrogens (tertiary/aromatic N) is 18. The van der Waals surface area contributed by atoms with E-state index in [0.717, 1.165) is 45.7 Å². The predicted octanol–water partition coefficient (Wildman–Crippen LogP) is 12.6. The summed E-state index contributed by atoms with van der Waals surface area (Å²) < 4.78 is 17.6. The van der Waals surface area contributed by atoms with E-state index in [9.17, 15) is 0 Å². The van der Waals surface area contributed by atoms with Gasteiger partial charge < -0.3 is 37.9 Å². The van der Waals surface area contributed by atoms with Gasteiger partial charge in [-0.3, -0.25) is 0 Å². The number of benzene rings is 2. The average Bonchev–Trinajstić information content (AvgIpc) is 1.59. The Morgan fingerprint density at radius 2 is 0.740 bits per heavy atom. The number of aromatic nitrogens is 10. The number of imidazole rings is 2. The number of pyridine rings is 4. The molecule has 0 spiro atoms. The summed E-state index contributed by atoms with van der Waals surface area (Å²) in [7, 11) is 16.8. The SMILES string of the molecule is CC(C)N1C=CN(c2cccc(-c3cc4ccccc4n3C)[n+]2C)[C@@H]1C.CC(C)N1C=CN(c2cccc(-c3cccn3C)[n+]2C)[C@@H]1C.CC(C)N1C=CN(c2cccc(-c3nc4ccccc4n3C)[n+]2C)[C@@H]1C.CC(C)N1C=CN(c2cccc(-c3nccn3C)[n+]2C)[C@@H]1C. The monoisotopic (exact) mass is 1290 g/mol. The van der Waals surface area contributed by atoms with Crippen molar-refractivity contribution in [1.82, 2.24) is 47.8 Å². The molecule has 0 fully saturated rings. The molecule has 14 rings (SSSR count). The molecule has 0 amide bonds. The summed E-state index contributed by atoms with van der Waals surface area (Å²) in [4.78, 5) is 28.1. The van der Waals surface area contributed by atoms with Crippen molar-refractivity contribution in [2.24, 2.45) is 56.4 Å². The lowest BCUT2D eigenvalue weighted by Gasteiger charge is -2.28. The van der Waals surface area contributed by atoms with Crippen LogP contribution in [0.4, 0.5) is 23.3 Å². The quantitative estimate of drug-likeness (QED) is 0.110. The molecule has 0 saturated heterocycles. The first kappa shape index (κ1) is 67.3. The normalized spacial score (nSPS) is 17.4. The molecular formula is C78H102N18+4. The Kier molecular flexibility index (Phi) is 19.7. The van der Waals surface area contributed by atoms with Crippen LogP contribution in [0.25, 0.3) is 67.7 Å². The second-order valence-corrected chi connectivity index (χ2v) is 26.8. The Bertz CT molecular complexity index is 4210. The van der Waals surface area contributed by atoms with Gasteiger partial charge in [-0.15, -0.1) is 0 Å². The van der Waals surface area contributed by atoms with Gasteiger partial charge in [0, 0.05) is 131 Å². The van der Waals surface area contributed by atoms with Gasteiger partial charge in [-0.25, -0.2) is 47.8 Å². The molecule has 4 aliphatic heterocycles. The molecule has 0 aliphatic carbocycles. The second-order valence-electron chi connectivity index (χ2n) is 26.8. The minimum atomic E-state index is 0.289. The number of rotatable bonds is 12. The highest BCUT2D eigenvalue weighted by molar-refractivity contribution is 5.86. The molecule has 0 unspecified atom stereocenters. The van der Waals surface area contributed by atoms with Gasteiger partial charge in [-0.05, 0) is 168 Å². The number of para-hydroxylation sites is 3.